The van der Waals surface area contributed by atoms with E-state index in [1.165, 1.54) is 7.11 Å². The second-order valence-electron chi connectivity index (χ2n) is 1.57. The highest BCUT2D eigenvalue weighted by molar-refractivity contribution is 7.71. The molecule has 0 aliphatic heterocycles. The van der Waals surface area contributed by atoms with Crippen LogP contribution in [0.15, 0.2) is 6.20 Å². The van der Waals surface area contributed by atoms with Crippen LogP contribution in [0.3, 0.4) is 0 Å². The zero-order valence-corrected chi connectivity index (χ0v) is 6.04. The lowest BCUT2D eigenvalue weighted by atomic mass is 10.6. The van der Waals surface area contributed by atoms with Gasteiger partial charge in [0.15, 0.2) is 5.82 Å². The van der Waals surface area contributed by atoms with Gasteiger partial charge in [0.05, 0.1) is 13.3 Å². The summed E-state index contributed by atoms with van der Waals surface area (Å²) in [6.07, 6.45) is 1.01. The van der Waals surface area contributed by atoms with Crippen molar-refractivity contribution in [1.82, 2.24) is 9.97 Å². The summed E-state index contributed by atoms with van der Waals surface area (Å²) < 4.78 is 17.0. The quantitative estimate of drug-likeness (QED) is 0.629. The Bertz CT molecular complexity index is 285. The summed E-state index contributed by atoms with van der Waals surface area (Å²) in [7, 11) is 1.42. The van der Waals surface area contributed by atoms with Crippen molar-refractivity contribution in [3.05, 3.63) is 16.7 Å². The van der Waals surface area contributed by atoms with Gasteiger partial charge in [-0.2, -0.15) is 0 Å². The minimum atomic E-state index is -0.546. The highest BCUT2D eigenvalue weighted by Crippen LogP contribution is 2.01. The summed E-state index contributed by atoms with van der Waals surface area (Å²) in [6, 6.07) is 0.214. The molecule has 5 heteroatoms. The normalized spacial score (nSPS) is 9.40. The molecule has 0 radical (unpaired) electrons. The van der Waals surface area contributed by atoms with Gasteiger partial charge in [-0.15, -0.1) is 0 Å². The van der Waals surface area contributed by atoms with Gasteiger partial charge in [0.25, 0.3) is 6.01 Å². The molecule has 0 aliphatic carbocycles. The molecular formula is C5H5FN2OS. The molecule has 0 saturated heterocycles. The number of aromatic nitrogens is 2. The molecule has 54 valence electrons. The highest BCUT2D eigenvalue weighted by atomic mass is 32.1. The minimum Gasteiger partial charge on any atom is -0.468 e. The number of nitrogens with zero attached hydrogens (tertiary/aromatic N) is 1. The van der Waals surface area contributed by atoms with Crippen LogP contribution in [0.4, 0.5) is 4.39 Å². The zero-order chi connectivity index (χ0) is 7.56. The van der Waals surface area contributed by atoms with Gasteiger partial charge < -0.3 is 4.74 Å². The molecule has 10 heavy (non-hydrogen) atoms. The predicted octanol–water partition coefficient (Wildman–Crippen LogP) is 1.29. The van der Waals surface area contributed by atoms with Crippen LogP contribution >= 0.6 is 12.2 Å². The van der Waals surface area contributed by atoms with Crippen LogP contribution in [-0.4, -0.2) is 17.1 Å². The zero-order valence-electron chi connectivity index (χ0n) is 5.22. The first-order chi connectivity index (χ1) is 4.74. The van der Waals surface area contributed by atoms with Crippen LogP contribution in [0.1, 0.15) is 0 Å². The molecule has 3 nitrogen and oxygen atoms in total. The third-order valence-corrected chi connectivity index (χ3v) is 1.22. The molecular weight excluding hydrogens is 155 g/mol. The topological polar surface area (TPSA) is 37.9 Å². The van der Waals surface area contributed by atoms with Crippen LogP contribution < -0.4 is 4.74 Å². The smallest absolute Gasteiger partial charge is 0.294 e. The average Bonchev–Trinajstić information content (AvgIpc) is 1.95. The number of aromatic amines is 1. The number of hydrogen-bond acceptors (Lipinski definition) is 3. The molecule has 1 heterocycles. The van der Waals surface area contributed by atoms with E-state index in [2.05, 4.69) is 26.9 Å². The van der Waals surface area contributed by atoms with E-state index in [4.69, 9.17) is 0 Å². The van der Waals surface area contributed by atoms with Gasteiger partial charge in [0, 0.05) is 0 Å². The molecule has 0 aliphatic rings. The molecule has 0 bridgehead atoms. The monoisotopic (exact) mass is 160 g/mol. The van der Waals surface area contributed by atoms with Crippen molar-refractivity contribution in [1.29, 1.82) is 0 Å². The van der Waals surface area contributed by atoms with Gasteiger partial charge in [0.1, 0.15) is 4.64 Å². The Labute approximate surface area is 61.9 Å². The third-order valence-electron chi connectivity index (χ3n) is 0.926. The van der Waals surface area contributed by atoms with Gasteiger partial charge >= 0.3 is 0 Å². The van der Waals surface area contributed by atoms with E-state index < -0.39 is 5.82 Å². The minimum absolute atomic E-state index is 0.00634. The lowest BCUT2D eigenvalue weighted by Crippen LogP contribution is -1.92. The molecule has 1 aromatic heterocycles. The Morgan fingerprint density at radius 2 is 2.50 bits per heavy atom. The number of H-pyrrole nitrogens is 1. The summed E-state index contributed by atoms with van der Waals surface area (Å²) in [6.45, 7) is 0. The van der Waals surface area contributed by atoms with Crippen LogP contribution in [0.25, 0.3) is 0 Å². The predicted molar refractivity (Wildman–Crippen MR) is 35.9 cm³/mol. The van der Waals surface area contributed by atoms with Gasteiger partial charge in [-0.05, 0) is 0 Å². The van der Waals surface area contributed by atoms with Crippen LogP contribution in [-0.2, 0) is 0 Å². The van der Waals surface area contributed by atoms with E-state index in [1.54, 1.807) is 0 Å². The van der Waals surface area contributed by atoms with Crippen molar-refractivity contribution in [2.45, 2.75) is 0 Å². The van der Waals surface area contributed by atoms with Crippen molar-refractivity contribution in [2.24, 2.45) is 0 Å². The van der Waals surface area contributed by atoms with Crippen LogP contribution in [0.5, 0.6) is 6.01 Å². The number of rotatable bonds is 1. The number of ether oxygens (including phenoxy) is 1. The molecule has 0 aromatic carbocycles. The summed E-state index contributed by atoms with van der Waals surface area (Å²) in [5.74, 6) is -0.546. The van der Waals surface area contributed by atoms with E-state index in [1.807, 2.05) is 0 Å². The summed E-state index contributed by atoms with van der Waals surface area (Å²) in [4.78, 5) is 5.97. The molecule has 0 atom stereocenters. The molecule has 0 fully saturated rings. The van der Waals surface area contributed by atoms with E-state index in [0.717, 1.165) is 6.20 Å². The average molecular weight is 160 g/mol. The first-order valence-electron chi connectivity index (χ1n) is 2.53. The Balaban J connectivity index is 3.17. The van der Waals surface area contributed by atoms with E-state index >= 15 is 0 Å². The fourth-order valence-corrected chi connectivity index (χ4v) is 0.607. The van der Waals surface area contributed by atoms with Gasteiger partial charge in [-0.3, -0.25) is 4.98 Å². The SMILES string of the molecule is COc1ncc(F)c(=S)[nH]1. The maximum Gasteiger partial charge on any atom is 0.294 e. The molecule has 1 N–H and O–H groups in total. The molecule has 1 rings (SSSR count). The van der Waals surface area contributed by atoms with Gasteiger partial charge in [-0.25, -0.2) is 9.37 Å². The van der Waals surface area contributed by atoms with Crippen LogP contribution in [0, 0.1) is 10.5 Å². The Kier molecular flexibility index (Phi) is 1.96. The van der Waals surface area contributed by atoms with E-state index in [0.29, 0.717) is 0 Å². The summed E-state index contributed by atoms with van der Waals surface area (Å²) >= 11 is 4.56. The first-order valence-corrected chi connectivity index (χ1v) is 2.93. The summed E-state index contributed by atoms with van der Waals surface area (Å²) in [5.41, 5.74) is 0. The lowest BCUT2D eigenvalue weighted by Gasteiger charge is -1.95. The van der Waals surface area contributed by atoms with Crippen molar-refractivity contribution in [2.75, 3.05) is 7.11 Å². The van der Waals surface area contributed by atoms with Gasteiger partial charge in [-0.1, -0.05) is 12.2 Å². The third kappa shape index (κ3) is 1.30. The number of nitrogens with one attached hydrogen (secondary N) is 1. The van der Waals surface area contributed by atoms with Crippen molar-refractivity contribution >= 4 is 12.2 Å². The Hall–Kier alpha value is -0.970. The number of methoxy groups -OCH3 is 1. The molecule has 0 amide bonds. The second-order valence-corrected chi connectivity index (χ2v) is 1.98. The van der Waals surface area contributed by atoms with E-state index in [9.17, 15) is 4.39 Å². The van der Waals surface area contributed by atoms with Crippen molar-refractivity contribution in [3.8, 4) is 6.01 Å². The number of halogens is 1. The fraction of sp³-hybridized carbons (Fsp3) is 0.200. The largest absolute Gasteiger partial charge is 0.468 e. The van der Waals surface area contributed by atoms with Crippen molar-refractivity contribution < 1.29 is 9.13 Å². The highest BCUT2D eigenvalue weighted by Gasteiger charge is 1.95. The Morgan fingerprint density at radius 1 is 1.80 bits per heavy atom. The van der Waals surface area contributed by atoms with Gasteiger partial charge in [0.2, 0.25) is 0 Å². The maximum absolute atomic E-state index is 12.4. The first kappa shape index (κ1) is 7.14. The maximum atomic E-state index is 12.4. The molecule has 0 saturated carbocycles. The molecule has 0 spiro atoms. The van der Waals surface area contributed by atoms with Crippen molar-refractivity contribution in [3.63, 3.8) is 0 Å². The molecule has 0 unspecified atom stereocenters. The molecule has 1 aromatic rings. The summed E-state index contributed by atoms with van der Waals surface area (Å²) in [5, 5.41) is 0. The standard InChI is InChI=1S/C5H5FN2OS/c1-9-5-7-2-3(6)4(10)8-5/h2H,1H3,(H,7,8,10). The second kappa shape index (κ2) is 2.74. The fourth-order valence-electron chi connectivity index (χ4n) is 0.467. The Morgan fingerprint density at radius 3 is 3.00 bits per heavy atom. The number of hydrogen-bond donors (Lipinski definition) is 1. The van der Waals surface area contributed by atoms with Crippen LogP contribution in [0.2, 0.25) is 0 Å². The lowest BCUT2D eigenvalue weighted by molar-refractivity contribution is 0.375. The van der Waals surface area contributed by atoms with E-state index in [-0.39, 0.29) is 10.7 Å².